The molecule has 1 aromatic heterocycles. The van der Waals surface area contributed by atoms with Crippen molar-refractivity contribution in [2.24, 2.45) is 0 Å². The number of nitrogens with two attached hydrogens (primary N) is 1. The molecule has 96 valence electrons. The van der Waals surface area contributed by atoms with E-state index < -0.39 is 0 Å². The second-order valence-corrected chi connectivity index (χ2v) is 5.31. The molecule has 1 aliphatic heterocycles. The van der Waals surface area contributed by atoms with Gasteiger partial charge in [-0.25, -0.2) is 9.97 Å². The summed E-state index contributed by atoms with van der Waals surface area (Å²) in [5, 5.41) is 3.70. The molecule has 5 nitrogen and oxygen atoms in total. The number of nitrogens with one attached hydrogen (secondary N) is 1. The fourth-order valence-electron chi connectivity index (χ4n) is 1.97. The van der Waals surface area contributed by atoms with E-state index in [1.54, 1.807) is 6.20 Å². The van der Waals surface area contributed by atoms with E-state index in [-0.39, 0.29) is 5.91 Å². The maximum Gasteiger partial charge on any atom is 0.224 e. The summed E-state index contributed by atoms with van der Waals surface area (Å²) < 4.78 is 0. The fourth-order valence-corrected chi connectivity index (χ4v) is 2.78. The molecule has 0 atom stereocenters. The maximum absolute atomic E-state index is 11.4. The van der Waals surface area contributed by atoms with Crippen LogP contribution in [0.15, 0.2) is 40.6 Å². The van der Waals surface area contributed by atoms with Crippen LogP contribution in [0, 0.1) is 0 Å². The van der Waals surface area contributed by atoms with Gasteiger partial charge in [0, 0.05) is 28.9 Å². The Hall–Kier alpha value is -2.08. The SMILES string of the molecule is Nc1cc2c(cc1Sc1ccncn1)NC(=O)CC2. The monoisotopic (exact) mass is 272 g/mol. The lowest BCUT2D eigenvalue weighted by Crippen LogP contribution is -2.19. The molecule has 0 saturated carbocycles. The molecule has 6 heteroatoms. The van der Waals surface area contributed by atoms with E-state index in [4.69, 9.17) is 5.73 Å². The van der Waals surface area contributed by atoms with Gasteiger partial charge in [-0.2, -0.15) is 0 Å². The van der Waals surface area contributed by atoms with Crippen LogP contribution in [0.3, 0.4) is 0 Å². The van der Waals surface area contributed by atoms with Gasteiger partial charge < -0.3 is 11.1 Å². The first-order valence-corrected chi connectivity index (χ1v) is 6.70. The molecule has 1 aliphatic rings. The van der Waals surface area contributed by atoms with Gasteiger partial charge in [0.25, 0.3) is 0 Å². The van der Waals surface area contributed by atoms with Gasteiger partial charge in [0.15, 0.2) is 0 Å². The number of hydrogen-bond acceptors (Lipinski definition) is 5. The molecule has 2 heterocycles. The van der Waals surface area contributed by atoms with Crippen molar-refractivity contribution in [3.8, 4) is 0 Å². The number of carbonyl (C=O) groups is 1. The van der Waals surface area contributed by atoms with Crippen LogP contribution in [-0.2, 0) is 11.2 Å². The molecule has 2 aromatic rings. The summed E-state index contributed by atoms with van der Waals surface area (Å²) in [6, 6.07) is 5.66. The number of nitrogen functional groups attached to an aromatic ring is 1. The summed E-state index contributed by atoms with van der Waals surface area (Å²) in [4.78, 5) is 20.3. The number of hydrogen-bond donors (Lipinski definition) is 2. The minimum atomic E-state index is 0.0512. The zero-order chi connectivity index (χ0) is 13.2. The highest BCUT2D eigenvalue weighted by Crippen LogP contribution is 2.36. The van der Waals surface area contributed by atoms with Gasteiger partial charge in [-0.3, -0.25) is 4.79 Å². The Labute approximate surface area is 114 Å². The molecule has 0 aliphatic carbocycles. The van der Waals surface area contributed by atoms with Crippen molar-refractivity contribution < 1.29 is 4.79 Å². The Morgan fingerprint density at radius 2 is 2.21 bits per heavy atom. The van der Waals surface area contributed by atoms with E-state index in [2.05, 4.69) is 15.3 Å². The number of aromatic nitrogens is 2. The Morgan fingerprint density at radius 3 is 3.00 bits per heavy atom. The number of aryl methyl sites for hydroxylation is 1. The number of fused-ring (bicyclic) bond motifs is 1. The minimum Gasteiger partial charge on any atom is -0.398 e. The van der Waals surface area contributed by atoms with Gasteiger partial charge >= 0.3 is 0 Å². The third-order valence-electron chi connectivity index (χ3n) is 2.90. The first-order chi connectivity index (χ1) is 9.22. The largest absolute Gasteiger partial charge is 0.398 e. The quantitative estimate of drug-likeness (QED) is 0.646. The lowest BCUT2D eigenvalue weighted by molar-refractivity contribution is -0.116. The molecule has 0 bridgehead atoms. The normalized spacial score (nSPS) is 13.8. The highest BCUT2D eigenvalue weighted by Gasteiger charge is 2.17. The summed E-state index contributed by atoms with van der Waals surface area (Å²) in [5.74, 6) is 0.0512. The Balaban J connectivity index is 1.94. The molecule has 0 fully saturated rings. The van der Waals surface area contributed by atoms with Crippen molar-refractivity contribution in [2.45, 2.75) is 22.8 Å². The van der Waals surface area contributed by atoms with Crippen molar-refractivity contribution in [3.05, 3.63) is 36.3 Å². The lowest BCUT2D eigenvalue weighted by Gasteiger charge is -2.18. The molecule has 0 unspecified atom stereocenters. The number of nitrogens with zero attached hydrogens (tertiary/aromatic N) is 2. The summed E-state index contributed by atoms with van der Waals surface area (Å²) in [6.07, 6.45) is 4.44. The van der Waals surface area contributed by atoms with Crippen LogP contribution in [0.2, 0.25) is 0 Å². The van der Waals surface area contributed by atoms with Crippen LogP contribution < -0.4 is 11.1 Å². The van der Waals surface area contributed by atoms with Gasteiger partial charge in [0.1, 0.15) is 11.4 Å². The fraction of sp³-hybridized carbons (Fsp3) is 0.154. The topological polar surface area (TPSA) is 80.9 Å². The molecule has 1 amide bonds. The van der Waals surface area contributed by atoms with Crippen LogP contribution in [0.1, 0.15) is 12.0 Å². The number of carbonyl (C=O) groups excluding carboxylic acids is 1. The third kappa shape index (κ3) is 2.53. The number of anilines is 2. The van der Waals surface area contributed by atoms with E-state index in [0.717, 1.165) is 27.6 Å². The first kappa shape index (κ1) is 12.0. The maximum atomic E-state index is 11.4. The zero-order valence-corrected chi connectivity index (χ0v) is 10.9. The van der Waals surface area contributed by atoms with Gasteiger partial charge in [0.05, 0.1) is 0 Å². The van der Waals surface area contributed by atoms with Crippen LogP contribution >= 0.6 is 11.8 Å². The predicted molar refractivity (Wildman–Crippen MR) is 74.0 cm³/mol. The minimum absolute atomic E-state index is 0.0512. The van der Waals surface area contributed by atoms with E-state index in [0.29, 0.717) is 12.1 Å². The average Bonchev–Trinajstić information content (AvgIpc) is 2.41. The predicted octanol–water partition coefficient (Wildman–Crippen LogP) is 2.09. The van der Waals surface area contributed by atoms with Crippen molar-refractivity contribution >= 4 is 29.0 Å². The highest BCUT2D eigenvalue weighted by molar-refractivity contribution is 7.99. The summed E-state index contributed by atoms with van der Waals surface area (Å²) in [5.41, 5.74) is 8.69. The van der Waals surface area contributed by atoms with E-state index in [1.807, 2.05) is 18.2 Å². The van der Waals surface area contributed by atoms with Crippen molar-refractivity contribution in [2.75, 3.05) is 11.1 Å². The molecule has 3 rings (SSSR count). The molecule has 0 spiro atoms. The van der Waals surface area contributed by atoms with Crippen LogP contribution in [-0.4, -0.2) is 15.9 Å². The molecule has 19 heavy (non-hydrogen) atoms. The van der Waals surface area contributed by atoms with Gasteiger partial charge in [-0.05, 0) is 30.2 Å². The highest BCUT2D eigenvalue weighted by atomic mass is 32.2. The van der Waals surface area contributed by atoms with Gasteiger partial charge in [-0.15, -0.1) is 0 Å². The second kappa shape index (κ2) is 4.89. The summed E-state index contributed by atoms with van der Waals surface area (Å²) in [7, 11) is 0. The lowest BCUT2D eigenvalue weighted by atomic mass is 10.0. The summed E-state index contributed by atoms with van der Waals surface area (Å²) >= 11 is 1.46. The molecule has 3 N–H and O–H groups in total. The van der Waals surface area contributed by atoms with Crippen LogP contribution in [0.5, 0.6) is 0 Å². The number of rotatable bonds is 2. The van der Waals surface area contributed by atoms with Gasteiger partial charge in [0.2, 0.25) is 5.91 Å². The molecular weight excluding hydrogens is 260 g/mol. The Morgan fingerprint density at radius 1 is 1.32 bits per heavy atom. The standard InChI is InChI=1S/C13H12N4OS/c14-9-5-8-1-2-12(18)17-10(8)6-11(9)19-13-3-4-15-7-16-13/h3-7H,1-2,14H2,(H,17,18). The zero-order valence-electron chi connectivity index (χ0n) is 10.1. The first-order valence-electron chi connectivity index (χ1n) is 5.88. The van der Waals surface area contributed by atoms with Crippen LogP contribution in [0.25, 0.3) is 0 Å². The second-order valence-electron chi connectivity index (χ2n) is 4.25. The third-order valence-corrected chi connectivity index (χ3v) is 3.92. The molecule has 1 aromatic carbocycles. The Kier molecular flexibility index (Phi) is 3.08. The molecule has 0 saturated heterocycles. The molecular formula is C13H12N4OS. The van der Waals surface area contributed by atoms with Crippen molar-refractivity contribution in [1.82, 2.24) is 9.97 Å². The number of benzene rings is 1. The molecule has 0 radical (unpaired) electrons. The number of amides is 1. The Bertz CT molecular complexity index is 630. The van der Waals surface area contributed by atoms with E-state index >= 15 is 0 Å². The van der Waals surface area contributed by atoms with Gasteiger partial charge in [-0.1, -0.05) is 11.8 Å². The van der Waals surface area contributed by atoms with Crippen molar-refractivity contribution in [3.63, 3.8) is 0 Å². The summed E-state index contributed by atoms with van der Waals surface area (Å²) in [6.45, 7) is 0. The smallest absolute Gasteiger partial charge is 0.224 e. The van der Waals surface area contributed by atoms with E-state index in [1.165, 1.54) is 18.1 Å². The average molecular weight is 272 g/mol. The van der Waals surface area contributed by atoms with Crippen molar-refractivity contribution in [1.29, 1.82) is 0 Å². The van der Waals surface area contributed by atoms with E-state index in [9.17, 15) is 4.79 Å². The van der Waals surface area contributed by atoms with Crippen LogP contribution in [0.4, 0.5) is 11.4 Å².